The van der Waals surface area contributed by atoms with Gasteiger partial charge >= 0.3 is 0 Å². The minimum atomic E-state index is -0.429. The minimum Gasteiger partial charge on any atom is -0.325 e. The van der Waals surface area contributed by atoms with Gasteiger partial charge < -0.3 is 5.32 Å². The van der Waals surface area contributed by atoms with E-state index >= 15 is 0 Å². The smallest absolute Gasteiger partial charge is 0.262 e. The molecule has 0 radical (unpaired) electrons. The summed E-state index contributed by atoms with van der Waals surface area (Å²) in [5.41, 5.74) is 1.61. The topological polar surface area (TPSA) is 76.9 Å². The summed E-state index contributed by atoms with van der Waals surface area (Å²) >= 11 is 1.15. The summed E-state index contributed by atoms with van der Waals surface area (Å²) in [6.45, 7) is 0.290. The van der Waals surface area contributed by atoms with Crippen molar-refractivity contribution in [2.75, 3.05) is 11.1 Å². The molecule has 0 unspecified atom stereocenters. The van der Waals surface area contributed by atoms with Gasteiger partial charge in [0.15, 0.2) is 5.16 Å². The van der Waals surface area contributed by atoms with E-state index in [-0.39, 0.29) is 17.2 Å². The van der Waals surface area contributed by atoms with E-state index in [1.165, 1.54) is 18.2 Å². The molecule has 1 N–H and O–H groups in total. The lowest BCUT2D eigenvalue weighted by Gasteiger charge is -2.13. The third-order valence-corrected chi connectivity index (χ3v) is 5.31. The first-order valence-corrected chi connectivity index (χ1v) is 10.2. The summed E-state index contributed by atoms with van der Waals surface area (Å²) < 4.78 is 14.9. The van der Waals surface area contributed by atoms with Gasteiger partial charge in [0, 0.05) is 18.1 Å². The molecule has 0 aliphatic rings. The summed E-state index contributed by atoms with van der Waals surface area (Å²) in [5.74, 6) is -0.725. The number of halogens is 1. The lowest BCUT2D eigenvalue weighted by atomic mass is 10.2. The molecular formula is C22H17FN4O2S. The Labute approximate surface area is 175 Å². The lowest BCUT2D eigenvalue weighted by molar-refractivity contribution is -0.113. The van der Waals surface area contributed by atoms with Crippen molar-refractivity contribution < 1.29 is 9.18 Å². The number of nitrogens with one attached hydrogen (secondary N) is 1. The Hall–Kier alpha value is -3.52. The molecule has 0 saturated heterocycles. The number of benzene rings is 2. The molecule has 2 aromatic heterocycles. The second-order valence-electron chi connectivity index (χ2n) is 6.51. The highest BCUT2D eigenvalue weighted by molar-refractivity contribution is 7.99. The molecule has 0 aliphatic heterocycles. The molecule has 0 bridgehead atoms. The number of pyridine rings is 1. The monoisotopic (exact) mass is 420 g/mol. The van der Waals surface area contributed by atoms with E-state index in [1.807, 2.05) is 12.1 Å². The number of para-hydroxylation sites is 1. The molecule has 4 rings (SSSR count). The van der Waals surface area contributed by atoms with Gasteiger partial charge in [-0.1, -0.05) is 36.0 Å². The standard InChI is InChI=1S/C22H17FN4O2S/c23-16-6-3-7-17(11-16)25-20(28)14-30-22-26-19-9-2-1-8-18(19)21(29)27(22)13-15-5-4-10-24-12-15/h1-12H,13-14H2,(H,25,28). The number of nitrogens with zero attached hydrogens (tertiary/aromatic N) is 3. The largest absolute Gasteiger partial charge is 0.325 e. The second kappa shape index (κ2) is 8.87. The SMILES string of the molecule is O=C(CSc1nc2ccccc2c(=O)n1Cc1cccnc1)Nc1cccc(F)c1. The van der Waals surface area contributed by atoms with Crippen molar-refractivity contribution in [1.82, 2.24) is 14.5 Å². The van der Waals surface area contributed by atoms with Gasteiger partial charge in [-0.15, -0.1) is 0 Å². The van der Waals surface area contributed by atoms with E-state index in [0.717, 1.165) is 17.3 Å². The van der Waals surface area contributed by atoms with Gasteiger partial charge in [-0.2, -0.15) is 0 Å². The maximum absolute atomic E-state index is 13.3. The number of carbonyl (C=O) groups is 1. The van der Waals surface area contributed by atoms with Gasteiger partial charge in [-0.3, -0.25) is 19.1 Å². The molecule has 0 fully saturated rings. The van der Waals surface area contributed by atoms with Crippen LogP contribution in [0.25, 0.3) is 10.9 Å². The number of carbonyl (C=O) groups excluding carboxylic acids is 1. The summed E-state index contributed by atoms with van der Waals surface area (Å²) in [6.07, 6.45) is 3.35. The molecule has 2 heterocycles. The van der Waals surface area contributed by atoms with E-state index in [4.69, 9.17) is 0 Å². The number of thioether (sulfide) groups is 1. The van der Waals surface area contributed by atoms with Crippen LogP contribution in [0.5, 0.6) is 0 Å². The second-order valence-corrected chi connectivity index (χ2v) is 7.45. The van der Waals surface area contributed by atoms with Crippen molar-refractivity contribution in [3.63, 3.8) is 0 Å². The highest BCUT2D eigenvalue weighted by Crippen LogP contribution is 2.19. The van der Waals surface area contributed by atoms with E-state index in [1.54, 1.807) is 47.3 Å². The first-order valence-electron chi connectivity index (χ1n) is 9.17. The van der Waals surface area contributed by atoms with Crippen LogP contribution in [0.1, 0.15) is 5.56 Å². The van der Waals surface area contributed by atoms with Crippen LogP contribution in [0, 0.1) is 5.82 Å². The van der Waals surface area contributed by atoms with Crippen LogP contribution in [0.15, 0.2) is 83.0 Å². The Kier molecular flexibility index (Phi) is 5.85. The van der Waals surface area contributed by atoms with E-state index in [0.29, 0.717) is 28.3 Å². The van der Waals surface area contributed by atoms with Crippen LogP contribution in [-0.4, -0.2) is 26.2 Å². The Bertz CT molecular complexity index is 1260. The van der Waals surface area contributed by atoms with Crippen LogP contribution >= 0.6 is 11.8 Å². The van der Waals surface area contributed by atoms with Crippen molar-refractivity contribution in [1.29, 1.82) is 0 Å². The zero-order valence-electron chi connectivity index (χ0n) is 15.8. The van der Waals surface area contributed by atoms with Crippen LogP contribution < -0.4 is 10.9 Å². The molecule has 2 aromatic carbocycles. The van der Waals surface area contributed by atoms with Crippen LogP contribution in [-0.2, 0) is 11.3 Å². The molecule has 0 aliphatic carbocycles. The lowest BCUT2D eigenvalue weighted by Crippen LogP contribution is -2.25. The molecule has 8 heteroatoms. The summed E-state index contributed by atoms with van der Waals surface area (Å²) in [7, 11) is 0. The molecule has 0 spiro atoms. The molecule has 6 nitrogen and oxygen atoms in total. The summed E-state index contributed by atoms with van der Waals surface area (Å²) in [6, 6.07) is 16.5. The Morgan fingerprint density at radius 1 is 1.10 bits per heavy atom. The fourth-order valence-corrected chi connectivity index (χ4v) is 3.76. The van der Waals surface area contributed by atoms with Gasteiger partial charge in [0.25, 0.3) is 5.56 Å². The fraction of sp³-hybridized carbons (Fsp3) is 0.0909. The van der Waals surface area contributed by atoms with Crippen molar-refractivity contribution >= 4 is 34.3 Å². The molecular weight excluding hydrogens is 403 g/mol. The fourth-order valence-electron chi connectivity index (χ4n) is 2.96. The maximum Gasteiger partial charge on any atom is 0.262 e. The zero-order chi connectivity index (χ0) is 20.9. The number of amides is 1. The molecule has 1 amide bonds. The Balaban J connectivity index is 1.61. The van der Waals surface area contributed by atoms with Gasteiger partial charge in [-0.05, 0) is 42.0 Å². The quantitative estimate of drug-likeness (QED) is 0.380. The molecule has 0 atom stereocenters. The number of rotatable bonds is 6. The highest BCUT2D eigenvalue weighted by Gasteiger charge is 2.14. The average Bonchev–Trinajstić information content (AvgIpc) is 2.75. The third kappa shape index (κ3) is 4.55. The van der Waals surface area contributed by atoms with Gasteiger partial charge in [0.2, 0.25) is 5.91 Å². The minimum absolute atomic E-state index is 0.0222. The third-order valence-electron chi connectivity index (χ3n) is 4.33. The first-order chi connectivity index (χ1) is 14.6. The van der Waals surface area contributed by atoms with Crippen molar-refractivity contribution in [2.45, 2.75) is 11.7 Å². The van der Waals surface area contributed by atoms with Crippen LogP contribution in [0.3, 0.4) is 0 Å². The van der Waals surface area contributed by atoms with E-state index in [9.17, 15) is 14.0 Å². The number of anilines is 1. The van der Waals surface area contributed by atoms with Gasteiger partial charge in [-0.25, -0.2) is 9.37 Å². The Morgan fingerprint density at radius 2 is 1.97 bits per heavy atom. The number of hydrogen-bond acceptors (Lipinski definition) is 5. The maximum atomic E-state index is 13.3. The predicted molar refractivity (Wildman–Crippen MR) is 115 cm³/mol. The molecule has 4 aromatic rings. The predicted octanol–water partition coefficient (Wildman–Crippen LogP) is 3.71. The van der Waals surface area contributed by atoms with E-state index in [2.05, 4.69) is 15.3 Å². The van der Waals surface area contributed by atoms with Crippen molar-refractivity contribution in [3.8, 4) is 0 Å². The van der Waals surface area contributed by atoms with Gasteiger partial charge in [0.1, 0.15) is 5.82 Å². The summed E-state index contributed by atoms with van der Waals surface area (Å²) in [5, 5.41) is 3.59. The number of hydrogen-bond donors (Lipinski definition) is 1. The number of aromatic nitrogens is 3. The average molecular weight is 420 g/mol. The molecule has 30 heavy (non-hydrogen) atoms. The summed E-state index contributed by atoms with van der Waals surface area (Å²) in [4.78, 5) is 34.1. The van der Waals surface area contributed by atoms with Crippen LogP contribution in [0.2, 0.25) is 0 Å². The highest BCUT2D eigenvalue weighted by atomic mass is 32.2. The van der Waals surface area contributed by atoms with Crippen molar-refractivity contribution in [2.24, 2.45) is 0 Å². The molecule has 0 saturated carbocycles. The first kappa shape index (κ1) is 19.8. The van der Waals surface area contributed by atoms with Crippen LogP contribution in [0.4, 0.5) is 10.1 Å². The zero-order valence-corrected chi connectivity index (χ0v) is 16.6. The van der Waals surface area contributed by atoms with E-state index < -0.39 is 5.82 Å². The van der Waals surface area contributed by atoms with Gasteiger partial charge in [0.05, 0.1) is 23.2 Å². The molecule has 150 valence electrons. The Morgan fingerprint density at radius 3 is 2.77 bits per heavy atom. The number of fused-ring (bicyclic) bond motifs is 1. The normalized spacial score (nSPS) is 10.8. The van der Waals surface area contributed by atoms with Crippen molar-refractivity contribution in [3.05, 3.63) is 94.8 Å².